The Morgan fingerprint density at radius 2 is 1.93 bits per heavy atom. The van der Waals surface area contributed by atoms with Crippen LogP contribution in [-0.2, 0) is 0 Å². The van der Waals surface area contributed by atoms with E-state index in [0.717, 1.165) is 36.5 Å². The number of aromatic nitrogens is 2. The van der Waals surface area contributed by atoms with E-state index in [9.17, 15) is 4.79 Å². The number of benzene rings is 2. The van der Waals surface area contributed by atoms with Gasteiger partial charge in [0.1, 0.15) is 5.69 Å². The quantitative estimate of drug-likeness (QED) is 0.714. The van der Waals surface area contributed by atoms with Crippen molar-refractivity contribution >= 4 is 17.5 Å². The molecule has 1 amide bonds. The number of hydrogen-bond donors (Lipinski definition) is 1. The second-order valence-corrected chi connectivity index (χ2v) is 7.73. The summed E-state index contributed by atoms with van der Waals surface area (Å²) in [6, 6.07) is 19.0. The molecule has 28 heavy (non-hydrogen) atoms. The van der Waals surface area contributed by atoms with Crippen molar-refractivity contribution in [3.8, 4) is 16.9 Å². The Bertz CT molecular complexity index is 952. The average molecular weight is 395 g/mol. The highest BCUT2D eigenvalue weighted by molar-refractivity contribution is 6.30. The van der Waals surface area contributed by atoms with Crippen LogP contribution in [-0.4, -0.2) is 47.3 Å². The summed E-state index contributed by atoms with van der Waals surface area (Å²) in [5, 5.41) is 8.47. The molecule has 1 aliphatic rings. The standard InChI is InChI=1S/C22H23ClN4O/c1-26-12-11-16(15-26)14-24-22(28)21-13-20(17-7-9-18(23)10-8-17)25-27(21)19-5-3-2-4-6-19/h2-10,13,16H,11-12,14-15H2,1H3,(H,24,28). The van der Waals surface area contributed by atoms with Crippen LogP contribution in [0.3, 0.4) is 0 Å². The molecule has 0 bridgehead atoms. The van der Waals surface area contributed by atoms with Gasteiger partial charge in [-0.3, -0.25) is 4.79 Å². The van der Waals surface area contributed by atoms with Crippen molar-refractivity contribution in [2.75, 3.05) is 26.7 Å². The van der Waals surface area contributed by atoms with E-state index in [1.165, 1.54) is 0 Å². The Balaban J connectivity index is 1.62. The van der Waals surface area contributed by atoms with E-state index in [4.69, 9.17) is 16.7 Å². The SMILES string of the molecule is CN1CCC(CNC(=O)c2cc(-c3ccc(Cl)cc3)nn2-c2ccccc2)C1. The molecule has 0 spiro atoms. The van der Waals surface area contributed by atoms with Crippen LogP contribution in [0.25, 0.3) is 16.9 Å². The smallest absolute Gasteiger partial charge is 0.270 e. The third-order valence-electron chi connectivity index (χ3n) is 5.12. The van der Waals surface area contributed by atoms with Crippen LogP contribution in [0.2, 0.25) is 5.02 Å². The van der Waals surface area contributed by atoms with E-state index in [1.54, 1.807) is 4.68 Å². The first kappa shape index (κ1) is 18.7. The minimum absolute atomic E-state index is 0.105. The van der Waals surface area contributed by atoms with Gasteiger partial charge in [-0.1, -0.05) is 41.9 Å². The lowest BCUT2D eigenvalue weighted by Gasteiger charge is -2.12. The number of amides is 1. The minimum Gasteiger partial charge on any atom is -0.350 e. The van der Waals surface area contributed by atoms with Gasteiger partial charge in [0.2, 0.25) is 0 Å². The maximum atomic E-state index is 13.0. The molecule has 1 saturated heterocycles. The largest absolute Gasteiger partial charge is 0.350 e. The molecule has 5 nitrogen and oxygen atoms in total. The normalized spacial score (nSPS) is 17.0. The third-order valence-corrected chi connectivity index (χ3v) is 5.37. The van der Waals surface area contributed by atoms with Gasteiger partial charge in [0.05, 0.1) is 11.4 Å². The number of likely N-dealkylation sites (tertiary alicyclic amines) is 1. The monoisotopic (exact) mass is 394 g/mol. The maximum Gasteiger partial charge on any atom is 0.270 e. The number of hydrogen-bond acceptors (Lipinski definition) is 3. The summed E-state index contributed by atoms with van der Waals surface area (Å²) in [6.07, 6.45) is 1.12. The first-order chi connectivity index (χ1) is 13.6. The lowest BCUT2D eigenvalue weighted by molar-refractivity contribution is 0.0939. The summed E-state index contributed by atoms with van der Waals surface area (Å²) in [7, 11) is 2.12. The minimum atomic E-state index is -0.105. The molecule has 0 aliphatic carbocycles. The van der Waals surface area contributed by atoms with Crippen LogP contribution in [0.5, 0.6) is 0 Å². The van der Waals surface area contributed by atoms with Crippen LogP contribution < -0.4 is 5.32 Å². The van der Waals surface area contributed by atoms with Crippen LogP contribution in [0.4, 0.5) is 0 Å². The zero-order valence-electron chi connectivity index (χ0n) is 15.8. The fourth-order valence-corrected chi connectivity index (χ4v) is 3.72. The Morgan fingerprint density at radius 3 is 2.61 bits per heavy atom. The van der Waals surface area contributed by atoms with Gasteiger partial charge in [-0.05, 0) is 56.3 Å². The molecule has 144 valence electrons. The molecular formula is C22H23ClN4O. The van der Waals surface area contributed by atoms with Gasteiger partial charge in [0.15, 0.2) is 0 Å². The molecule has 2 aromatic carbocycles. The van der Waals surface area contributed by atoms with Gasteiger partial charge in [0, 0.05) is 23.7 Å². The van der Waals surface area contributed by atoms with Crippen molar-refractivity contribution in [1.29, 1.82) is 0 Å². The number of rotatable bonds is 5. The first-order valence-corrected chi connectivity index (χ1v) is 9.86. The van der Waals surface area contributed by atoms with Crippen LogP contribution >= 0.6 is 11.6 Å². The highest BCUT2D eigenvalue weighted by Gasteiger charge is 2.22. The molecule has 3 aromatic rings. The Hall–Kier alpha value is -2.63. The van der Waals surface area contributed by atoms with Crippen molar-refractivity contribution < 1.29 is 4.79 Å². The lowest BCUT2D eigenvalue weighted by atomic mass is 10.1. The number of halogens is 1. The second-order valence-electron chi connectivity index (χ2n) is 7.30. The molecule has 0 radical (unpaired) electrons. The van der Waals surface area contributed by atoms with Crippen LogP contribution in [0, 0.1) is 5.92 Å². The Kier molecular flexibility index (Phi) is 5.46. The summed E-state index contributed by atoms with van der Waals surface area (Å²) >= 11 is 6.00. The molecule has 6 heteroatoms. The third kappa shape index (κ3) is 4.11. The van der Waals surface area contributed by atoms with Crippen molar-refractivity contribution in [3.63, 3.8) is 0 Å². The molecule has 2 heterocycles. The highest BCUT2D eigenvalue weighted by Crippen LogP contribution is 2.23. The summed E-state index contributed by atoms with van der Waals surface area (Å²) < 4.78 is 1.71. The topological polar surface area (TPSA) is 50.2 Å². The van der Waals surface area contributed by atoms with Crippen molar-refractivity contribution in [2.45, 2.75) is 6.42 Å². The summed E-state index contributed by atoms with van der Waals surface area (Å²) in [5.74, 6) is 0.393. The summed E-state index contributed by atoms with van der Waals surface area (Å²) in [4.78, 5) is 15.3. The predicted octanol–water partition coefficient (Wildman–Crippen LogP) is 3.87. The van der Waals surface area contributed by atoms with Crippen molar-refractivity contribution in [1.82, 2.24) is 20.0 Å². The predicted molar refractivity (Wildman–Crippen MR) is 112 cm³/mol. The number of carbonyl (C=O) groups excluding carboxylic acids is 1. The lowest BCUT2D eigenvalue weighted by Crippen LogP contribution is -2.31. The summed E-state index contributed by atoms with van der Waals surface area (Å²) in [6.45, 7) is 2.79. The molecule has 1 aliphatic heterocycles. The molecule has 1 N–H and O–H groups in total. The zero-order valence-corrected chi connectivity index (χ0v) is 16.6. The molecular weight excluding hydrogens is 372 g/mol. The van der Waals surface area contributed by atoms with E-state index >= 15 is 0 Å². The van der Waals surface area contributed by atoms with Crippen molar-refractivity contribution in [3.05, 3.63) is 71.4 Å². The van der Waals surface area contributed by atoms with Gasteiger partial charge < -0.3 is 10.2 Å². The van der Waals surface area contributed by atoms with Gasteiger partial charge >= 0.3 is 0 Å². The van der Waals surface area contributed by atoms with Gasteiger partial charge in [-0.2, -0.15) is 5.10 Å². The number of carbonyl (C=O) groups is 1. The van der Waals surface area contributed by atoms with E-state index in [2.05, 4.69) is 17.3 Å². The van der Waals surface area contributed by atoms with Gasteiger partial charge in [0.25, 0.3) is 5.91 Å². The van der Waals surface area contributed by atoms with Gasteiger partial charge in [-0.15, -0.1) is 0 Å². The Labute approximate surface area is 169 Å². The molecule has 0 saturated carbocycles. The second kappa shape index (κ2) is 8.17. The number of para-hydroxylation sites is 1. The highest BCUT2D eigenvalue weighted by atomic mass is 35.5. The average Bonchev–Trinajstić information content (AvgIpc) is 3.34. The maximum absolute atomic E-state index is 13.0. The van der Waals surface area contributed by atoms with Gasteiger partial charge in [-0.25, -0.2) is 4.68 Å². The van der Waals surface area contributed by atoms with E-state index in [-0.39, 0.29) is 5.91 Å². The fraction of sp³-hybridized carbons (Fsp3) is 0.273. The van der Waals surface area contributed by atoms with Crippen LogP contribution in [0.15, 0.2) is 60.7 Å². The first-order valence-electron chi connectivity index (χ1n) is 9.48. The summed E-state index contributed by atoms with van der Waals surface area (Å²) in [5.41, 5.74) is 3.05. The van der Waals surface area contributed by atoms with Crippen LogP contribution in [0.1, 0.15) is 16.9 Å². The van der Waals surface area contributed by atoms with E-state index in [0.29, 0.717) is 23.2 Å². The molecule has 1 unspecified atom stereocenters. The van der Waals surface area contributed by atoms with E-state index < -0.39 is 0 Å². The molecule has 4 rings (SSSR count). The fourth-order valence-electron chi connectivity index (χ4n) is 3.59. The number of nitrogens with zero attached hydrogens (tertiary/aromatic N) is 3. The number of nitrogens with one attached hydrogen (secondary N) is 1. The zero-order chi connectivity index (χ0) is 19.5. The molecule has 1 aromatic heterocycles. The molecule has 1 atom stereocenters. The van der Waals surface area contributed by atoms with Crippen molar-refractivity contribution in [2.24, 2.45) is 5.92 Å². The molecule has 1 fully saturated rings. The Morgan fingerprint density at radius 1 is 1.18 bits per heavy atom. The van der Waals surface area contributed by atoms with E-state index in [1.807, 2.05) is 60.7 Å².